The second kappa shape index (κ2) is 10.5. The first-order chi connectivity index (χ1) is 16.1. The number of carbonyl (C=O) groups is 1. The van der Waals surface area contributed by atoms with Gasteiger partial charge in [0.15, 0.2) is 5.16 Å². The van der Waals surface area contributed by atoms with Crippen LogP contribution in [-0.2, 0) is 4.79 Å². The van der Waals surface area contributed by atoms with Crippen LogP contribution in [0.4, 0.5) is 0 Å². The lowest BCUT2D eigenvalue weighted by molar-refractivity contribution is -0.118. The lowest BCUT2D eigenvalue weighted by Gasteiger charge is -2.13. The Hall–Kier alpha value is -3.43. The van der Waals surface area contributed by atoms with Gasteiger partial charge in [0.05, 0.1) is 35.7 Å². The van der Waals surface area contributed by atoms with Crippen LogP contribution >= 0.6 is 27.7 Å². The number of methoxy groups -OCH3 is 1. The van der Waals surface area contributed by atoms with Crippen molar-refractivity contribution in [3.8, 4) is 11.4 Å². The predicted molar refractivity (Wildman–Crippen MR) is 134 cm³/mol. The SMILES string of the molecule is COc1ccccc1/C=N/NC(=O)CSc1nc2ccccc2c(=O)n1-c1ccc(Br)cc1. The third kappa shape index (κ3) is 5.32. The first-order valence-corrected chi connectivity index (χ1v) is 11.7. The topological polar surface area (TPSA) is 85.6 Å². The maximum Gasteiger partial charge on any atom is 0.266 e. The number of nitrogens with one attached hydrogen (secondary N) is 1. The van der Waals surface area contributed by atoms with E-state index >= 15 is 0 Å². The summed E-state index contributed by atoms with van der Waals surface area (Å²) in [6.45, 7) is 0. The number of amides is 1. The molecule has 0 saturated carbocycles. The zero-order valence-corrected chi connectivity index (χ0v) is 20.0. The molecule has 0 aliphatic carbocycles. The predicted octanol–water partition coefficient (Wildman–Crippen LogP) is 4.40. The molecule has 0 bridgehead atoms. The van der Waals surface area contributed by atoms with Crippen molar-refractivity contribution in [1.82, 2.24) is 15.0 Å². The lowest BCUT2D eigenvalue weighted by atomic mass is 10.2. The molecule has 33 heavy (non-hydrogen) atoms. The molecule has 0 fully saturated rings. The van der Waals surface area contributed by atoms with Crippen LogP contribution in [0.3, 0.4) is 0 Å². The molecule has 0 aliphatic heterocycles. The number of hydrogen-bond acceptors (Lipinski definition) is 6. The van der Waals surface area contributed by atoms with Crippen LogP contribution in [0, 0.1) is 0 Å². The van der Waals surface area contributed by atoms with Gasteiger partial charge >= 0.3 is 0 Å². The molecule has 4 rings (SSSR count). The summed E-state index contributed by atoms with van der Waals surface area (Å²) in [5, 5.41) is 4.94. The van der Waals surface area contributed by atoms with E-state index in [-0.39, 0.29) is 17.2 Å². The number of aromatic nitrogens is 2. The van der Waals surface area contributed by atoms with Gasteiger partial charge in [-0.25, -0.2) is 10.4 Å². The number of hydrogen-bond donors (Lipinski definition) is 1. The third-order valence-corrected chi connectivity index (χ3v) is 6.16. The van der Waals surface area contributed by atoms with Gasteiger partial charge in [-0.1, -0.05) is 52.0 Å². The summed E-state index contributed by atoms with van der Waals surface area (Å²) in [6.07, 6.45) is 1.52. The molecule has 4 aromatic rings. The minimum absolute atomic E-state index is 0.0323. The van der Waals surface area contributed by atoms with Crippen molar-refractivity contribution in [3.05, 3.63) is 93.2 Å². The van der Waals surface area contributed by atoms with Crippen LogP contribution in [0.5, 0.6) is 5.75 Å². The zero-order valence-electron chi connectivity index (χ0n) is 17.6. The molecular weight excluding hydrogens is 504 g/mol. The van der Waals surface area contributed by atoms with Gasteiger partial charge in [-0.2, -0.15) is 5.10 Å². The quantitative estimate of drug-likeness (QED) is 0.168. The van der Waals surface area contributed by atoms with E-state index in [2.05, 4.69) is 31.4 Å². The van der Waals surface area contributed by atoms with Crippen molar-refractivity contribution in [2.75, 3.05) is 12.9 Å². The summed E-state index contributed by atoms with van der Waals surface area (Å²) >= 11 is 4.58. The maximum absolute atomic E-state index is 13.2. The second-order valence-electron chi connectivity index (χ2n) is 6.85. The summed E-state index contributed by atoms with van der Waals surface area (Å²) in [7, 11) is 1.57. The highest BCUT2D eigenvalue weighted by atomic mass is 79.9. The van der Waals surface area contributed by atoms with Crippen molar-refractivity contribution in [1.29, 1.82) is 0 Å². The van der Waals surface area contributed by atoms with Crippen LogP contribution < -0.4 is 15.7 Å². The Morgan fingerprint density at radius 1 is 1.12 bits per heavy atom. The van der Waals surface area contributed by atoms with E-state index in [1.807, 2.05) is 54.6 Å². The lowest BCUT2D eigenvalue weighted by Crippen LogP contribution is -2.24. The smallest absolute Gasteiger partial charge is 0.266 e. The molecule has 1 N–H and O–H groups in total. The normalized spacial score (nSPS) is 11.1. The molecule has 3 aromatic carbocycles. The molecule has 0 saturated heterocycles. The molecule has 0 unspecified atom stereocenters. The van der Waals surface area contributed by atoms with Crippen LogP contribution in [0.25, 0.3) is 16.6 Å². The summed E-state index contributed by atoms with van der Waals surface area (Å²) in [6, 6.07) is 21.9. The maximum atomic E-state index is 13.2. The number of halogens is 1. The highest BCUT2D eigenvalue weighted by Crippen LogP contribution is 2.22. The van der Waals surface area contributed by atoms with Crippen molar-refractivity contribution < 1.29 is 9.53 Å². The number of para-hydroxylation sites is 2. The van der Waals surface area contributed by atoms with Crippen LogP contribution in [0.1, 0.15) is 5.56 Å². The molecule has 0 aliphatic rings. The van der Waals surface area contributed by atoms with Gasteiger partial charge in [-0.3, -0.25) is 14.2 Å². The Balaban J connectivity index is 1.56. The van der Waals surface area contributed by atoms with Gasteiger partial charge in [0, 0.05) is 10.0 Å². The Morgan fingerprint density at radius 3 is 2.64 bits per heavy atom. The van der Waals surface area contributed by atoms with Gasteiger partial charge in [0.2, 0.25) is 0 Å². The Labute approximate surface area is 202 Å². The molecule has 1 heterocycles. The van der Waals surface area contributed by atoms with Crippen molar-refractivity contribution >= 4 is 50.7 Å². The first kappa shape index (κ1) is 22.8. The molecule has 0 atom stereocenters. The van der Waals surface area contributed by atoms with E-state index in [0.29, 0.717) is 27.5 Å². The number of ether oxygens (including phenoxy) is 1. The number of thioether (sulfide) groups is 1. The summed E-state index contributed by atoms with van der Waals surface area (Å²) in [5.74, 6) is 0.365. The van der Waals surface area contributed by atoms with E-state index in [9.17, 15) is 9.59 Å². The number of rotatable bonds is 7. The van der Waals surface area contributed by atoms with E-state index < -0.39 is 0 Å². The standard InChI is InChI=1S/C24H19BrN4O3S/c1-32-21-9-5-2-6-16(21)14-26-28-22(30)15-33-24-27-20-8-4-3-7-19(20)23(31)29(24)18-12-10-17(25)11-13-18/h2-14H,15H2,1H3,(H,28,30)/b26-14+. The Morgan fingerprint density at radius 2 is 1.85 bits per heavy atom. The van der Waals surface area contributed by atoms with Crippen molar-refractivity contribution in [3.63, 3.8) is 0 Å². The number of benzene rings is 3. The van der Waals surface area contributed by atoms with Gasteiger partial charge < -0.3 is 4.74 Å². The van der Waals surface area contributed by atoms with Crippen LogP contribution in [0.15, 0.2) is 92.3 Å². The molecule has 0 spiro atoms. The molecular formula is C24H19BrN4O3S. The third-order valence-electron chi connectivity index (χ3n) is 4.69. The van der Waals surface area contributed by atoms with E-state index in [4.69, 9.17) is 4.74 Å². The van der Waals surface area contributed by atoms with Crippen molar-refractivity contribution in [2.45, 2.75) is 5.16 Å². The molecule has 166 valence electrons. The largest absolute Gasteiger partial charge is 0.496 e. The number of nitrogens with zero attached hydrogens (tertiary/aromatic N) is 3. The fourth-order valence-electron chi connectivity index (χ4n) is 3.14. The number of hydrazone groups is 1. The Kier molecular flexibility index (Phi) is 7.21. The monoisotopic (exact) mass is 522 g/mol. The molecule has 1 amide bonds. The van der Waals surface area contributed by atoms with Gasteiger partial charge in [-0.15, -0.1) is 0 Å². The van der Waals surface area contributed by atoms with E-state index in [0.717, 1.165) is 10.0 Å². The highest BCUT2D eigenvalue weighted by molar-refractivity contribution is 9.10. The molecule has 7 nitrogen and oxygen atoms in total. The summed E-state index contributed by atoms with van der Waals surface area (Å²) < 4.78 is 7.68. The minimum atomic E-state index is -0.323. The average Bonchev–Trinajstić information content (AvgIpc) is 2.84. The fraction of sp³-hybridized carbons (Fsp3) is 0.0833. The van der Waals surface area contributed by atoms with Crippen LogP contribution in [0.2, 0.25) is 0 Å². The van der Waals surface area contributed by atoms with Crippen molar-refractivity contribution in [2.24, 2.45) is 5.10 Å². The zero-order chi connectivity index (χ0) is 23.2. The van der Waals surface area contributed by atoms with Gasteiger partial charge in [-0.05, 0) is 48.5 Å². The first-order valence-electron chi connectivity index (χ1n) is 9.92. The van der Waals surface area contributed by atoms with Gasteiger partial charge in [0.1, 0.15) is 5.75 Å². The molecule has 0 radical (unpaired) electrons. The summed E-state index contributed by atoms with van der Waals surface area (Å²) in [4.78, 5) is 30.3. The average molecular weight is 523 g/mol. The van der Waals surface area contributed by atoms with E-state index in [1.165, 1.54) is 22.5 Å². The number of carbonyl (C=O) groups excluding carboxylic acids is 1. The van der Waals surface area contributed by atoms with Crippen LogP contribution in [-0.4, -0.2) is 34.5 Å². The minimum Gasteiger partial charge on any atom is -0.496 e. The highest BCUT2D eigenvalue weighted by Gasteiger charge is 2.14. The van der Waals surface area contributed by atoms with E-state index in [1.54, 1.807) is 25.3 Å². The molecule has 1 aromatic heterocycles. The summed E-state index contributed by atoms with van der Waals surface area (Å²) in [5.41, 5.74) is 4.30. The fourth-order valence-corrected chi connectivity index (χ4v) is 4.21. The van der Waals surface area contributed by atoms with Gasteiger partial charge in [0.25, 0.3) is 11.5 Å². The second-order valence-corrected chi connectivity index (χ2v) is 8.71. The Bertz CT molecular complexity index is 1390. The number of fused-ring (bicyclic) bond motifs is 1. The molecule has 9 heteroatoms.